The van der Waals surface area contributed by atoms with E-state index in [1.54, 1.807) is 22.8 Å². The zero-order chi connectivity index (χ0) is 19.9. The molecule has 2 N–H and O–H groups in total. The number of fused-ring (bicyclic) bond motifs is 1. The summed E-state index contributed by atoms with van der Waals surface area (Å²) in [5.41, 5.74) is 1.25. The van der Waals surface area contributed by atoms with E-state index in [2.05, 4.69) is 19.2 Å². The van der Waals surface area contributed by atoms with Crippen LogP contribution in [0.5, 0.6) is 0 Å². The van der Waals surface area contributed by atoms with Gasteiger partial charge in [0.05, 0.1) is 23.1 Å². The third-order valence-corrected chi connectivity index (χ3v) is 5.17. The summed E-state index contributed by atoms with van der Waals surface area (Å²) in [5, 5.41) is 2.86. The molecule has 0 spiro atoms. The molecule has 1 aromatic heterocycles. The highest BCUT2D eigenvalue weighted by atomic mass is 19.1. The van der Waals surface area contributed by atoms with Crippen LogP contribution in [0.1, 0.15) is 57.8 Å². The van der Waals surface area contributed by atoms with Crippen molar-refractivity contribution < 1.29 is 9.71 Å². The van der Waals surface area contributed by atoms with Crippen LogP contribution >= 0.6 is 0 Å². The van der Waals surface area contributed by atoms with E-state index in [9.17, 15) is 9.18 Å². The summed E-state index contributed by atoms with van der Waals surface area (Å²) in [6, 6.07) is 13.5. The Kier molecular flexibility index (Phi) is 6.93. The smallest absolute Gasteiger partial charge is 0.266 e. The highest BCUT2D eigenvalue weighted by Gasteiger charge is 2.22. The molecule has 0 unspecified atom stereocenters. The molecule has 0 saturated carbocycles. The van der Waals surface area contributed by atoms with Gasteiger partial charge in [0.25, 0.3) is 5.56 Å². The van der Waals surface area contributed by atoms with Gasteiger partial charge in [0.15, 0.2) is 5.82 Å². The fraction of sp³-hybridized carbons (Fsp3) is 0.391. The van der Waals surface area contributed by atoms with Crippen LogP contribution in [0.2, 0.25) is 0 Å². The van der Waals surface area contributed by atoms with Gasteiger partial charge in [-0.05, 0) is 49.2 Å². The molecule has 3 rings (SSSR count). The normalized spacial score (nSPS) is 12.4. The molecule has 0 aliphatic rings. The first-order valence-electron chi connectivity index (χ1n) is 10.3. The fourth-order valence-electron chi connectivity index (χ4n) is 3.58. The number of nitrogens with zero attached hydrogens (tertiary/aromatic N) is 2. The topological polar surface area (TPSA) is 51.5 Å². The minimum absolute atomic E-state index is 0.0731. The predicted molar refractivity (Wildman–Crippen MR) is 111 cm³/mol. The van der Waals surface area contributed by atoms with Gasteiger partial charge < -0.3 is 5.32 Å². The third-order valence-electron chi connectivity index (χ3n) is 5.17. The monoisotopic (exact) mass is 382 g/mol. The Morgan fingerprint density at radius 1 is 1.04 bits per heavy atom. The first-order valence-corrected chi connectivity index (χ1v) is 10.3. The second-order valence-electron chi connectivity index (χ2n) is 7.20. The van der Waals surface area contributed by atoms with Crippen LogP contribution in [-0.2, 0) is 0 Å². The van der Waals surface area contributed by atoms with Gasteiger partial charge in [0.2, 0.25) is 0 Å². The number of aromatic nitrogens is 2. The lowest BCUT2D eigenvalue weighted by Gasteiger charge is -2.19. The summed E-state index contributed by atoms with van der Waals surface area (Å²) >= 11 is 0. The summed E-state index contributed by atoms with van der Waals surface area (Å²) in [4.78, 5) is 18.1. The van der Waals surface area contributed by atoms with Crippen LogP contribution in [0.25, 0.3) is 16.6 Å². The first-order chi connectivity index (χ1) is 13.7. The number of rotatable bonds is 9. The molecule has 148 valence electrons. The maximum absolute atomic E-state index is 13.4. The van der Waals surface area contributed by atoms with E-state index in [0.29, 0.717) is 16.6 Å². The van der Waals surface area contributed by atoms with E-state index in [1.807, 2.05) is 18.2 Å². The molecule has 0 aliphatic heterocycles. The van der Waals surface area contributed by atoms with Gasteiger partial charge in [-0.15, -0.1) is 0 Å². The minimum Gasteiger partial charge on any atom is -0.338 e. The number of unbranched alkanes of at least 4 members (excludes halogenated alkanes) is 3. The molecule has 0 aliphatic carbocycles. The Bertz CT molecular complexity index is 966. The average molecular weight is 383 g/mol. The molecule has 0 amide bonds. The van der Waals surface area contributed by atoms with Gasteiger partial charge >= 0.3 is 0 Å². The molecule has 1 heterocycles. The van der Waals surface area contributed by atoms with Gasteiger partial charge in [-0.1, -0.05) is 38.8 Å². The molecule has 4 nitrogen and oxygen atoms in total. The molecule has 0 radical (unpaired) electrons. The number of hydrogen-bond donors (Lipinski definition) is 1. The highest BCUT2D eigenvalue weighted by molar-refractivity contribution is 5.77. The number of nitrogens with two attached hydrogens (primary N) is 1. The van der Waals surface area contributed by atoms with Crippen molar-refractivity contribution in [1.29, 1.82) is 0 Å². The Morgan fingerprint density at radius 3 is 2.50 bits per heavy atom. The van der Waals surface area contributed by atoms with E-state index in [-0.39, 0.29) is 17.4 Å². The Morgan fingerprint density at radius 2 is 1.79 bits per heavy atom. The van der Waals surface area contributed by atoms with Crippen LogP contribution in [0, 0.1) is 5.82 Å². The minimum atomic E-state index is -0.318. The number of hydrogen-bond acceptors (Lipinski definition) is 2. The summed E-state index contributed by atoms with van der Waals surface area (Å²) < 4.78 is 15.1. The van der Waals surface area contributed by atoms with E-state index in [1.165, 1.54) is 31.4 Å². The molecule has 1 atom stereocenters. The van der Waals surface area contributed by atoms with Crippen molar-refractivity contribution in [2.45, 2.75) is 52.0 Å². The summed E-state index contributed by atoms with van der Waals surface area (Å²) in [6.45, 7) is 5.33. The van der Waals surface area contributed by atoms with Crippen LogP contribution in [0.4, 0.5) is 4.39 Å². The molecule has 2 aromatic carbocycles. The van der Waals surface area contributed by atoms with Crippen molar-refractivity contribution in [3.63, 3.8) is 0 Å². The number of benzene rings is 2. The van der Waals surface area contributed by atoms with Gasteiger partial charge in [0.1, 0.15) is 11.9 Å². The second-order valence-corrected chi connectivity index (χ2v) is 7.20. The van der Waals surface area contributed by atoms with E-state index >= 15 is 0 Å². The largest absolute Gasteiger partial charge is 0.338 e. The molecule has 3 aromatic rings. The zero-order valence-electron chi connectivity index (χ0n) is 16.7. The lowest BCUT2D eigenvalue weighted by molar-refractivity contribution is -0.698. The molecule has 0 saturated heterocycles. The molecule has 0 bridgehead atoms. The predicted octanol–water partition coefficient (Wildman–Crippen LogP) is 4.12. The van der Waals surface area contributed by atoms with E-state index < -0.39 is 0 Å². The van der Waals surface area contributed by atoms with Crippen LogP contribution < -0.4 is 10.9 Å². The van der Waals surface area contributed by atoms with Crippen molar-refractivity contribution in [3.05, 3.63) is 70.5 Å². The van der Waals surface area contributed by atoms with Gasteiger partial charge in [-0.3, -0.25) is 9.36 Å². The maximum Gasteiger partial charge on any atom is 0.266 e. The number of para-hydroxylation sites is 1. The molecule has 0 fully saturated rings. The van der Waals surface area contributed by atoms with Crippen molar-refractivity contribution in [1.82, 2.24) is 9.55 Å². The SMILES string of the molecule is CCCCCC[NH2+][C@H](CC)c1nc2ccccc2c(=O)n1-c1ccc(F)cc1. The third kappa shape index (κ3) is 4.47. The summed E-state index contributed by atoms with van der Waals surface area (Å²) in [6.07, 6.45) is 5.70. The Labute approximate surface area is 165 Å². The van der Waals surface area contributed by atoms with E-state index in [0.717, 1.165) is 25.2 Å². The van der Waals surface area contributed by atoms with Crippen LogP contribution in [-0.4, -0.2) is 16.1 Å². The van der Waals surface area contributed by atoms with Gasteiger partial charge in [-0.25, -0.2) is 9.37 Å². The van der Waals surface area contributed by atoms with Crippen molar-refractivity contribution >= 4 is 10.9 Å². The van der Waals surface area contributed by atoms with Crippen LogP contribution in [0.3, 0.4) is 0 Å². The second kappa shape index (κ2) is 9.60. The Balaban J connectivity index is 2.04. The maximum atomic E-state index is 13.4. The van der Waals surface area contributed by atoms with Crippen molar-refractivity contribution in [3.8, 4) is 5.69 Å². The van der Waals surface area contributed by atoms with E-state index in [4.69, 9.17) is 4.98 Å². The lowest BCUT2D eigenvalue weighted by Crippen LogP contribution is -2.85. The first kappa shape index (κ1) is 20.2. The van der Waals surface area contributed by atoms with Crippen molar-refractivity contribution in [2.24, 2.45) is 0 Å². The fourth-order valence-corrected chi connectivity index (χ4v) is 3.58. The standard InChI is InChI=1S/C23H28FN3O/c1-3-5-6-9-16-25-20(4-2)22-26-21-11-8-7-10-19(21)23(28)27(22)18-14-12-17(24)13-15-18/h7-8,10-15,20,25H,3-6,9,16H2,1-2H3/p+1/t20-/m1/s1. The number of quaternary nitrogens is 1. The quantitative estimate of drug-likeness (QED) is 0.566. The molecule has 5 heteroatoms. The zero-order valence-corrected chi connectivity index (χ0v) is 16.7. The van der Waals surface area contributed by atoms with Crippen LogP contribution in [0.15, 0.2) is 53.3 Å². The Hall–Kier alpha value is -2.53. The summed E-state index contributed by atoms with van der Waals surface area (Å²) in [5.74, 6) is 0.412. The highest BCUT2D eigenvalue weighted by Crippen LogP contribution is 2.18. The average Bonchev–Trinajstić information content (AvgIpc) is 2.72. The molecular weight excluding hydrogens is 353 g/mol. The number of halogens is 1. The summed E-state index contributed by atoms with van der Waals surface area (Å²) in [7, 11) is 0. The lowest BCUT2D eigenvalue weighted by atomic mass is 10.1. The molecule has 28 heavy (non-hydrogen) atoms. The van der Waals surface area contributed by atoms with Gasteiger partial charge in [0, 0.05) is 6.42 Å². The van der Waals surface area contributed by atoms with Crippen molar-refractivity contribution in [2.75, 3.05) is 6.54 Å². The molecular formula is C23H29FN3O+. The van der Waals surface area contributed by atoms with Gasteiger partial charge in [-0.2, -0.15) is 0 Å².